The monoisotopic (exact) mass is 604 g/mol. The highest BCUT2D eigenvalue weighted by atomic mass is 35.5. The van der Waals surface area contributed by atoms with Gasteiger partial charge in [-0.15, -0.1) is 0 Å². The van der Waals surface area contributed by atoms with Crippen LogP contribution in [0.15, 0.2) is 72.8 Å². The van der Waals surface area contributed by atoms with Crippen LogP contribution >= 0.6 is 11.6 Å². The van der Waals surface area contributed by atoms with Crippen LogP contribution in [0.5, 0.6) is 0 Å². The average Bonchev–Trinajstić information content (AvgIpc) is 3.02. The number of benzene rings is 3. The molecular formula is C35H42ClFN4O2. The van der Waals surface area contributed by atoms with Crippen LogP contribution in [0.25, 0.3) is 0 Å². The molecule has 2 N–H and O–H groups in total. The van der Waals surface area contributed by atoms with Crippen LogP contribution in [0, 0.1) is 17.7 Å². The van der Waals surface area contributed by atoms with E-state index in [0.29, 0.717) is 49.6 Å². The summed E-state index contributed by atoms with van der Waals surface area (Å²) in [4.78, 5) is 31.9. The van der Waals surface area contributed by atoms with Crippen molar-refractivity contribution in [1.82, 2.24) is 20.4 Å². The zero-order chi connectivity index (χ0) is 30.3. The van der Waals surface area contributed by atoms with E-state index in [-0.39, 0.29) is 35.5 Å². The van der Waals surface area contributed by atoms with E-state index in [9.17, 15) is 14.0 Å². The molecule has 0 saturated carbocycles. The second-order valence-corrected chi connectivity index (χ2v) is 12.4. The van der Waals surface area contributed by atoms with Crippen LogP contribution in [-0.2, 0) is 28.9 Å². The minimum absolute atomic E-state index is 0.0698. The molecule has 0 spiro atoms. The summed E-state index contributed by atoms with van der Waals surface area (Å²) in [5.74, 6) is -0.366. The Hall–Kier alpha value is -3.26. The maximum Gasteiger partial charge on any atom is 0.245 e. The van der Waals surface area contributed by atoms with E-state index in [0.717, 1.165) is 24.9 Å². The largest absolute Gasteiger partial charge is 0.344 e. The fourth-order valence-corrected chi connectivity index (χ4v) is 6.73. The molecule has 0 radical (unpaired) electrons. The first kappa shape index (κ1) is 31.2. The highest BCUT2D eigenvalue weighted by molar-refractivity contribution is 6.30. The Morgan fingerprint density at radius 3 is 2.26 bits per heavy atom. The normalized spacial score (nSPS) is 20.2. The minimum Gasteiger partial charge on any atom is -0.344 e. The van der Waals surface area contributed by atoms with Gasteiger partial charge in [-0.2, -0.15) is 0 Å². The molecule has 4 atom stereocenters. The summed E-state index contributed by atoms with van der Waals surface area (Å²) in [6, 6.07) is 21.9. The van der Waals surface area contributed by atoms with Gasteiger partial charge >= 0.3 is 0 Å². The molecule has 0 bridgehead atoms. The second-order valence-electron chi connectivity index (χ2n) is 11.9. The lowest BCUT2D eigenvalue weighted by Crippen LogP contribution is -2.57. The summed E-state index contributed by atoms with van der Waals surface area (Å²) in [5.41, 5.74) is 4.14. The first-order chi connectivity index (χ1) is 20.8. The maximum atomic E-state index is 14.8. The van der Waals surface area contributed by atoms with E-state index in [1.807, 2.05) is 60.5 Å². The maximum absolute atomic E-state index is 14.8. The number of nitrogens with zero attached hydrogens (tertiary/aromatic N) is 2. The molecular weight excluding hydrogens is 563 g/mol. The van der Waals surface area contributed by atoms with Gasteiger partial charge in [0.05, 0.1) is 0 Å². The van der Waals surface area contributed by atoms with Crippen molar-refractivity contribution in [3.05, 3.63) is 106 Å². The first-order valence-electron chi connectivity index (χ1n) is 15.4. The number of hydrogen-bond donors (Lipinski definition) is 2. The zero-order valence-corrected chi connectivity index (χ0v) is 25.8. The first-order valence-corrected chi connectivity index (χ1v) is 15.7. The summed E-state index contributed by atoms with van der Waals surface area (Å²) in [6.45, 7) is 5.18. The van der Waals surface area contributed by atoms with Gasteiger partial charge in [0.2, 0.25) is 11.8 Å². The van der Waals surface area contributed by atoms with Crippen molar-refractivity contribution in [2.75, 3.05) is 39.8 Å². The molecule has 4 unspecified atom stereocenters. The predicted octanol–water partition coefficient (Wildman–Crippen LogP) is 5.05. The van der Waals surface area contributed by atoms with E-state index in [1.54, 1.807) is 6.07 Å². The lowest BCUT2D eigenvalue weighted by molar-refractivity contribution is -0.139. The summed E-state index contributed by atoms with van der Waals surface area (Å²) in [6.07, 6.45) is 2.68. The molecule has 1 fully saturated rings. The van der Waals surface area contributed by atoms with Crippen molar-refractivity contribution in [1.29, 1.82) is 0 Å². The number of halogens is 2. The topological polar surface area (TPSA) is 64.7 Å². The van der Waals surface area contributed by atoms with E-state index in [1.165, 1.54) is 17.2 Å². The van der Waals surface area contributed by atoms with Crippen LogP contribution in [0.1, 0.15) is 41.6 Å². The Bertz CT molecular complexity index is 1390. The highest BCUT2D eigenvalue weighted by Gasteiger charge is 2.35. The molecule has 0 aromatic heterocycles. The Morgan fingerprint density at radius 2 is 1.58 bits per heavy atom. The van der Waals surface area contributed by atoms with Crippen LogP contribution in [0.2, 0.25) is 5.02 Å². The number of carbonyl (C=O) groups is 2. The summed E-state index contributed by atoms with van der Waals surface area (Å²) in [5, 5.41) is 6.98. The van der Waals surface area contributed by atoms with Crippen molar-refractivity contribution in [3.8, 4) is 0 Å². The second kappa shape index (κ2) is 14.5. The third kappa shape index (κ3) is 7.64. The fraction of sp³-hybridized carbons (Fsp3) is 0.429. The molecule has 1 aliphatic heterocycles. The molecule has 1 heterocycles. The lowest BCUT2D eigenvalue weighted by Gasteiger charge is -2.41. The average molecular weight is 605 g/mol. The zero-order valence-electron chi connectivity index (χ0n) is 25.1. The smallest absolute Gasteiger partial charge is 0.245 e. The van der Waals surface area contributed by atoms with Crippen LogP contribution in [0.3, 0.4) is 0 Å². The van der Waals surface area contributed by atoms with Gasteiger partial charge in [0.1, 0.15) is 11.9 Å². The molecule has 5 rings (SSSR count). The predicted molar refractivity (Wildman–Crippen MR) is 169 cm³/mol. The van der Waals surface area contributed by atoms with Gasteiger partial charge < -0.3 is 15.5 Å². The molecule has 3 aromatic carbocycles. The summed E-state index contributed by atoms with van der Waals surface area (Å²) < 4.78 is 14.8. The molecule has 43 heavy (non-hydrogen) atoms. The molecule has 8 heteroatoms. The minimum atomic E-state index is -0.684. The van der Waals surface area contributed by atoms with E-state index in [4.69, 9.17) is 11.6 Å². The quantitative estimate of drug-likeness (QED) is 0.340. The Labute approximate surface area is 259 Å². The Balaban J connectivity index is 1.29. The van der Waals surface area contributed by atoms with Crippen molar-refractivity contribution in [2.45, 2.75) is 44.7 Å². The summed E-state index contributed by atoms with van der Waals surface area (Å²) in [7, 11) is 1.90. The van der Waals surface area contributed by atoms with E-state index in [2.05, 4.69) is 34.6 Å². The molecule has 1 saturated heterocycles. The number of hydrogen-bond acceptors (Lipinski definition) is 4. The SMILES string of the molecule is CNCCC(c1ccccc1F)N1CCN(C(=O)C(Cc2ccc(Cl)cc2)NC(=O)C2Cc3ccccc3CC2C)CC1. The van der Waals surface area contributed by atoms with Gasteiger partial charge in [-0.1, -0.05) is 73.1 Å². The number of nitrogens with one attached hydrogen (secondary N) is 2. The van der Waals surface area contributed by atoms with Crippen LogP contribution < -0.4 is 10.6 Å². The number of amides is 2. The molecule has 6 nitrogen and oxygen atoms in total. The van der Waals surface area contributed by atoms with E-state index < -0.39 is 6.04 Å². The van der Waals surface area contributed by atoms with Crippen molar-refractivity contribution in [2.24, 2.45) is 11.8 Å². The van der Waals surface area contributed by atoms with Crippen molar-refractivity contribution < 1.29 is 14.0 Å². The van der Waals surface area contributed by atoms with Gasteiger partial charge in [-0.25, -0.2) is 4.39 Å². The number of piperazine rings is 1. The van der Waals surface area contributed by atoms with Gasteiger partial charge in [-0.05, 0) is 73.7 Å². The third-order valence-electron chi connectivity index (χ3n) is 9.09. The lowest BCUT2D eigenvalue weighted by atomic mass is 9.76. The van der Waals surface area contributed by atoms with E-state index >= 15 is 0 Å². The van der Waals surface area contributed by atoms with Gasteiger partial charge in [-0.3, -0.25) is 14.5 Å². The number of carbonyl (C=O) groups excluding carboxylic acids is 2. The molecule has 1 aliphatic carbocycles. The number of fused-ring (bicyclic) bond motifs is 1. The molecule has 2 amide bonds. The van der Waals surface area contributed by atoms with Gasteiger partial charge in [0, 0.05) is 55.1 Å². The van der Waals surface area contributed by atoms with Crippen LogP contribution in [-0.4, -0.2) is 67.4 Å². The third-order valence-corrected chi connectivity index (χ3v) is 9.34. The summed E-state index contributed by atoms with van der Waals surface area (Å²) >= 11 is 6.12. The highest BCUT2D eigenvalue weighted by Crippen LogP contribution is 2.31. The Kier molecular flexibility index (Phi) is 10.5. The van der Waals surface area contributed by atoms with Gasteiger partial charge in [0.25, 0.3) is 0 Å². The van der Waals surface area contributed by atoms with Crippen LogP contribution in [0.4, 0.5) is 4.39 Å². The number of rotatable bonds is 10. The molecule has 228 valence electrons. The molecule has 2 aliphatic rings. The van der Waals surface area contributed by atoms with Crippen molar-refractivity contribution in [3.63, 3.8) is 0 Å². The molecule has 3 aromatic rings. The fourth-order valence-electron chi connectivity index (χ4n) is 6.60. The van der Waals surface area contributed by atoms with Gasteiger partial charge in [0.15, 0.2) is 0 Å². The Morgan fingerprint density at radius 1 is 0.930 bits per heavy atom. The van der Waals surface area contributed by atoms with Crippen molar-refractivity contribution >= 4 is 23.4 Å². The standard InChI is InChI=1S/C35H42ClFN4O2/c1-24-21-26-7-3-4-8-27(26)23-30(24)34(42)39-32(22-25-11-13-28(36)14-12-25)35(43)41-19-17-40(18-20-41)33(15-16-38-2)29-9-5-6-10-31(29)37/h3-14,24,30,32-33,38H,15-23H2,1-2H3,(H,39,42).